The Hall–Kier alpha value is -3.71. The van der Waals surface area contributed by atoms with Crippen molar-refractivity contribution in [2.45, 2.75) is 13.3 Å². The number of rotatable bonds is 4. The lowest BCUT2D eigenvalue weighted by molar-refractivity contribution is 0.316. The fraction of sp³-hybridized carbons (Fsp3) is 0.111. The van der Waals surface area contributed by atoms with Crippen LogP contribution in [-0.2, 0) is 0 Å². The molecule has 0 aliphatic rings. The van der Waals surface area contributed by atoms with Crippen LogP contribution in [0.1, 0.15) is 24.5 Å². The molecule has 4 heteroatoms. The van der Waals surface area contributed by atoms with Crippen LogP contribution in [0.15, 0.2) is 72.8 Å². The molecular formula is C27H19F3O. The van der Waals surface area contributed by atoms with Crippen molar-refractivity contribution in [1.82, 2.24) is 0 Å². The lowest BCUT2D eigenvalue weighted by Crippen LogP contribution is -1.96. The van der Waals surface area contributed by atoms with Gasteiger partial charge in [-0.25, -0.2) is 13.2 Å². The van der Waals surface area contributed by atoms with Crippen LogP contribution in [-0.4, -0.2) is 6.61 Å². The molecule has 0 atom stereocenters. The van der Waals surface area contributed by atoms with Gasteiger partial charge in [0.15, 0.2) is 11.6 Å². The molecule has 0 aromatic heterocycles. The largest absolute Gasteiger partial charge is 0.494 e. The SMILES string of the molecule is CCCOc1ccc(-c2ccc(C#Cc3ccc4cc(F)c(F)cc4c3)cc2)c(F)c1. The van der Waals surface area contributed by atoms with E-state index in [9.17, 15) is 13.2 Å². The van der Waals surface area contributed by atoms with Crippen LogP contribution < -0.4 is 4.74 Å². The van der Waals surface area contributed by atoms with Gasteiger partial charge in [-0.15, -0.1) is 0 Å². The quantitative estimate of drug-likeness (QED) is 0.322. The zero-order valence-electron chi connectivity index (χ0n) is 16.9. The average molecular weight is 416 g/mol. The van der Waals surface area contributed by atoms with Crippen molar-refractivity contribution < 1.29 is 17.9 Å². The minimum absolute atomic E-state index is 0.340. The number of hydrogen-bond donors (Lipinski definition) is 0. The van der Waals surface area contributed by atoms with Gasteiger partial charge in [-0.05, 0) is 71.3 Å². The monoisotopic (exact) mass is 416 g/mol. The van der Waals surface area contributed by atoms with Crippen LogP contribution in [0.4, 0.5) is 13.2 Å². The summed E-state index contributed by atoms with van der Waals surface area (Å²) in [4.78, 5) is 0. The number of ether oxygens (including phenoxy) is 1. The van der Waals surface area contributed by atoms with Gasteiger partial charge in [-0.3, -0.25) is 0 Å². The highest BCUT2D eigenvalue weighted by Crippen LogP contribution is 2.27. The number of hydrogen-bond acceptors (Lipinski definition) is 1. The van der Waals surface area contributed by atoms with E-state index >= 15 is 0 Å². The van der Waals surface area contributed by atoms with E-state index in [1.54, 1.807) is 30.3 Å². The molecule has 0 amide bonds. The van der Waals surface area contributed by atoms with Gasteiger partial charge in [0.1, 0.15) is 11.6 Å². The Labute approximate surface area is 179 Å². The average Bonchev–Trinajstić information content (AvgIpc) is 2.77. The summed E-state index contributed by atoms with van der Waals surface area (Å²) in [5.74, 6) is 4.50. The van der Waals surface area contributed by atoms with Crippen LogP contribution in [0.3, 0.4) is 0 Å². The van der Waals surface area contributed by atoms with E-state index in [0.29, 0.717) is 34.3 Å². The van der Waals surface area contributed by atoms with Crippen LogP contribution in [0.5, 0.6) is 5.75 Å². The second-order valence-electron chi connectivity index (χ2n) is 7.15. The van der Waals surface area contributed by atoms with Gasteiger partial charge in [0.25, 0.3) is 0 Å². The molecule has 0 saturated heterocycles. The standard InChI is InChI=1S/C27H19F3O/c1-2-13-31-23-11-12-24(25(28)17-23)20-8-5-18(6-9-20)3-4-19-7-10-21-15-26(29)27(30)16-22(21)14-19/h5-12,14-17H,2,13H2,1H3. The highest BCUT2D eigenvalue weighted by Gasteiger charge is 2.07. The lowest BCUT2D eigenvalue weighted by Gasteiger charge is -2.08. The van der Waals surface area contributed by atoms with Crippen molar-refractivity contribution in [1.29, 1.82) is 0 Å². The zero-order valence-corrected chi connectivity index (χ0v) is 16.9. The Morgan fingerprint density at radius 1 is 0.677 bits per heavy atom. The van der Waals surface area contributed by atoms with Gasteiger partial charge in [0.05, 0.1) is 6.61 Å². The molecule has 154 valence electrons. The first-order valence-electron chi connectivity index (χ1n) is 9.97. The Morgan fingerprint density at radius 2 is 1.35 bits per heavy atom. The molecule has 0 unspecified atom stereocenters. The molecule has 0 saturated carbocycles. The zero-order chi connectivity index (χ0) is 21.8. The predicted octanol–water partition coefficient (Wildman–Crippen LogP) is 7.11. The van der Waals surface area contributed by atoms with Crippen LogP contribution in [0, 0.1) is 29.3 Å². The summed E-state index contributed by atoms with van der Waals surface area (Å²) < 4.78 is 46.7. The van der Waals surface area contributed by atoms with Crippen LogP contribution in [0.25, 0.3) is 21.9 Å². The number of halogens is 3. The molecule has 0 fully saturated rings. The highest BCUT2D eigenvalue weighted by molar-refractivity contribution is 5.84. The molecule has 1 nitrogen and oxygen atoms in total. The van der Waals surface area contributed by atoms with Crippen LogP contribution >= 0.6 is 0 Å². The topological polar surface area (TPSA) is 9.23 Å². The maximum absolute atomic E-state index is 14.5. The fourth-order valence-electron chi connectivity index (χ4n) is 3.24. The Morgan fingerprint density at radius 3 is 2.06 bits per heavy atom. The van der Waals surface area contributed by atoms with E-state index in [1.807, 2.05) is 31.2 Å². The Kier molecular flexibility index (Phi) is 5.95. The fourth-order valence-corrected chi connectivity index (χ4v) is 3.24. The Bertz CT molecular complexity index is 1300. The summed E-state index contributed by atoms with van der Waals surface area (Å²) in [6.45, 7) is 2.55. The van der Waals surface area contributed by atoms with E-state index in [1.165, 1.54) is 12.1 Å². The molecule has 0 radical (unpaired) electrons. The molecule has 4 aromatic rings. The summed E-state index contributed by atoms with van der Waals surface area (Å²) in [5.41, 5.74) is 2.69. The second-order valence-corrected chi connectivity index (χ2v) is 7.15. The van der Waals surface area contributed by atoms with Gasteiger partial charge in [0, 0.05) is 22.8 Å². The minimum atomic E-state index is -0.884. The third-order valence-corrected chi connectivity index (χ3v) is 4.84. The van der Waals surface area contributed by atoms with Crippen LogP contribution in [0.2, 0.25) is 0 Å². The van der Waals surface area contributed by atoms with Crippen molar-refractivity contribution in [2.24, 2.45) is 0 Å². The summed E-state index contributed by atoms with van der Waals surface area (Å²) in [7, 11) is 0. The first-order valence-corrected chi connectivity index (χ1v) is 9.97. The minimum Gasteiger partial charge on any atom is -0.494 e. The van der Waals surface area contributed by atoms with E-state index < -0.39 is 11.6 Å². The van der Waals surface area contributed by atoms with Crippen molar-refractivity contribution in [3.8, 4) is 28.7 Å². The summed E-state index contributed by atoms with van der Waals surface area (Å²) in [5, 5.41) is 1.20. The molecule has 0 bridgehead atoms. The molecule has 0 spiro atoms. The maximum atomic E-state index is 14.5. The molecule has 0 heterocycles. The lowest BCUT2D eigenvalue weighted by atomic mass is 10.0. The normalized spacial score (nSPS) is 10.6. The maximum Gasteiger partial charge on any atom is 0.159 e. The number of benzene rings is 4. The predicted molar refractivity (Wildman–Crippen MR) is 117 cm³/mol. The van der Waals surface area contributed by atoms with Gasteiger partial charge < -0.3 is 4.74 Å². The second kappa shape index (κ2) is 8.97. The third kappa shape index (κ3) is 4.73. The van der Waals surface area contributed by atoms with Gasteiger partial charge >= 0.3 is 0 Å². The van der Waals surface area contributed by atoms with Crippen molar-refractivity contribution >= 4 is 10.8 Å². The smallest absolute Gasteiger partial charge is 0.159 e. The molecular weight excluding hydrogens is 397 g/mol. The third-order valence-electron chi connectivity index (χ3n) is 4.84. The summed E-state index contributed by atoms with van der Waals surface area (Å²) in [6, 6.07) is 19.7. The summed E-state index contributed by atoms with van der Waals surface area (Å²) in [6.07, 6.45) is 0.862. The van der Waals surface area contributed by atoms with E-state index in [2.05, 4.69) is 11.8 Å². The summed E-state index contributed by atoms with van der Waals surface area (Å²) >= 11 is 0. The molecule has 0 N–H and O–H groups in total. The van der Waals surface area contributed by atoms with Gasteiger partial charge in [-0.2, -0.15) is 0 Å². The van der Waals surface area contributed by atoms with Crippen molar-refractivity contribution in [2.75, 3.05) is 6.61 Å². The Balaban J connectivity index is 1.54. The molecule has 4 aromatic carbocycles. The molecule has 4 rings (SSSR count). The first-order chi connectivity index (χ1) is 15.0. The molecule has 31 heavy (non-hydrogen) atoms. The van der Waals surface area contributed by atoms with Crippen molar-refractivity contribution in [3.05, 3.63) is 101 Å². The molecule has 0 aliphatic heterocycles. The number of fused-ring (bicyclic) bond motifs is 1. The van der Waals surface area contributed by atoms with E-state index in [-0.39, 0.29) is 5.82 Å². The molecule has 0 aliphatic carbocycles. The van der Waals surface area contributed by atoms with E-state index in [0.717, 1.165) is 23.6 Å². The van der Waals surface area contributed by atoms with Crippen molar-refractivity contribution in [3.63, 3.8) is 0 Å². The first kappa shape index (κ1) is 20.6. The van der Waals surface area contributed by atoms with Gasteiger partial charge in [0.2, 0.25) is 0 Å². The highest BCUT2D eigenvalue weighted by atomic mass is 19.2. The van der Waals surface area contributed by atoms with Gasteiger partial charge in [-0.1, -0.05) is 37.0 Å². The van der Waals surface area contributed by atoms with E-state index in [4.69, 9.17) is 4.74 Å².